The summed E-state index contributed by atoms with van der Waals surface area (Å²) < 4.78 is 0. The topological polar surface area (TPSA) is 53.6 Å². The van der Waals surface area contributed by atoms with Gasteiger partial charge in [0, 0.05) is 31.9 Å². The van der Waals surface area contributed by atoms with E-state index in [1.807, 2.05) is 0 Å². The van der Waals surface area contributed by atoms with E-state index in [2.05, 4.69) is 53.3 Å². The van der Waals surface area contributed by atoms with E-state index < -0.39 is 0 Å². The van der Waals surface area contributed by atoms with Crippen LogP contribution >= 0.6 is 24.0 Å². The van der Waals surface area contributed by atoms with Crippen LogP contribution in [0.5, 0.6) is 0 Å². The molecule has 1 aromatic carbocycles. The van der Waals surface area contributed by atoms with E-state index in [1.54, 1.807) is 0 Å². The Labute approximate surface area is 151 Å². The van der Waals surface area contributed by atoms with Crippen molar-refractivity contribution in [3.63, 3.8) is 0 Å². The molecule has 0 aliphatic heterocycles. The molecular weight excluding hydrogens is 387 g/mol. The van der Waals surface area contributed by atoms with Crippen molar-refractivity contribution in [2.75, 3.05) is 31.1 Å². The lowest BCUT2D eigenvalue weighted by atomic mass is 9.86. The Balaban J connectivity index is 0.00000242. The lowest BCUT2D eigenvalue weighted by Crippen LogP contribution is -2.39. The Morgan fingerprint density at radius 1 is 1.41 bits per heavy atom. The smallest absolute Gasteiger partial charge is 0.188 e. The van der Waals surface area contributed by atoms with Gasteiger partial charge in [0.2, 0.25) is 0 Å². The van der Waals surface area contributed by atoms with Crippen LogP contribution in [0, 0.1) is 12.8 Å². The third-order valence-electron chi connectivity index (χ3n) is 4.18. The molecular formula is C17H29IN4. The van der Waals surface area contributed by atoms with Crippen LogP contribution in [0.25, 0.3) is 0 Å². The minimum Gasteiger partial charge on any atom is -0.370 e. The van der Waals surface area contributed by atoms with Gasteiger partial charge < -0.3 is 16.0 Å². The highest BCUT2D eigenvalue weighted by Gasteiger charge is 2.16. The van der Waals surface area contributed by atoms with Gasteiger partial charge in [0.15, 0.2) is 5.96 Å². The second-order valence-corrected chi connectivity index (χ2v) is 5.87. The highest BCUT2D eigenvalue weighted by atomic mass is 127. The Morgan fingerprint density at radius 2 is 2.18 bits per heavy atom. The van der Waals surface area contributed by atoms with Crippen LogP contribution in [0.15, 0.2) is 29.3 Å². The molecule has 0 saturated heterocycles. The summed E-state index contributed by atoms with van der Waals surface area (Å²) in [6.07, 6.45) is 3.98. The third kappa shape index (κ3) is 6.02. The zero-order chi connectivity index (χ0) is 15.1. The molecule has 22 heavy (non-hydrogen) atoms. The average molecular weight is 416 g/mol. The Morgan fingerprint density at radius 3 is 2.77 bits per heavy atom. The van der Waals surface area contributed by atoms with E-state index in [9.17, 15) is 0 Å². The monoisotopic (exact) mass is 416 g/mol. The minimum atomic E-state index is 0. The molecule has 4 nitrogen and oxygen atoms in total. The summed E-state index contributed by atoms with van der Waals surface area (Å²) in [4.78, 5) is 6.77. The van der Waals surface area contributed by atoms with Crippen molar-refractivity contribution in [2.24, 2.45) is 16.6 Å². The van der Waals surface area contributed by atoms with Crippen LogP contribution in [0.4, 0.5) is 5.69 Å². The number of nitrogens with two attached hydrogens (primary N) is 1. The van der Waals surface area contributed by atoms with Crippen LogP contribution < -0.4 is 16.0 Å². The van der Waals surface area contributed by atoms with Crippen molar-refractivity contribution < 1.29 is 0 Å². The highest BCUT2D eigenvalue weighted by Crippen LogP contribution is 2.26. The van der Waals surface area contributed by atoms with Gasteiger partial charge in [-0.05, 0) is 50.3 Å². The van der Waals surface area contributed by atoms with Crippen LogP contribution in [-0.4, -0.2) is 32.1 Å². The first kappa shape index (κ1) is 19.1. The molecule has 0 bridgehead atoms. The number of nitrogens with one attached hydrogen (secondary N) is 1. The van der Waals surface area contributed by atoms with Gasteiger partial charge in [0.25, 0.3) is 0 Å². The number of hydrogen-bond donors (Lipinski definition) is 2. The van der Waals surface area contributed by atoms with Crippen LogP contribution in [-0.2, 0) is 0 Å². The lowest BCUT2D eigenvalue weighted by molar-refractivity contribution is 0.326. The van der Waals surface area contributed by atoms with Gasteiger partial charge in [-0.3, -0.25) is 4.99 Å². The van der Waals surface area contributed by atoms with Crippen LogP contribution in [0.1, 0.15) is 31.7 Å². The largest absolute Gasteiger partial charge is 0.370 e. The molecule has 1 saturated carbocycles. The van der Waals surface area contributed by atoms with Gasteiger partial charge in [-0.15, -0.1) is 24.0 Å². The van der Waals surface area contributed by atoms with Gasteiger partial charge >= 0.3 is 0 Å². The maximum absolute atomic E-state index is 5.91. The highest BCUT2D eigenvalue weighted by molar-refractivity contribution is 14.0. The molecule has 2 rings (SSSR count). The summed E-state index contributed by atoms with van der Waals surface area (Å²) >= 11 is 0. The fourth-order valence-electron chi connectivity index (χ4n) is 2.57. The van der Waals surface area contributed by atoms with Gasteiger partial charge in [-0.2, -0.15) is 0 Å². The van der Waals surface area contributed by atoms with Crippen molar-refractivity contribution in [1.29, 1.82) is 0 Å². The quantitative estimate of drug-likeness (QED) is 0.408. The van der Waals surface area contributed by atoms with E-state index in [4.69, 9.17) is 5.73 Å². The Kier molecular flexibility index (Phi) is 8.60. The standard InChI is InChI=1S/C17H28N4.HI/c1-3-21(16-9-4-6-14(2)12-16)11-10-19-17(18)20-13-15-7-5-8-15;/h4,6,9,12,15H,3,5,7-8,10-11,13H2,1-2H3,(H3,18,19,20);1H. The number of anilines is 1. The molecule has 124 valence electrons. The van der Waals surface area contributed by atoms with E-state index in [0.717, 1.165) is 32.1 Å². The first-order chi connectivity index (χ1) is 10.2. The summed E-state index contributed by atoms with van der Waals surface area (Å²) in [5.41, 5.74) is 8.47. The van der Waals surface area contributed by atoms with Gasteiger partial charge in [0.05, 0.1) is 0 Å². The predicted octanol–water partition coefficient (Wildman–Crippen LogP) is 3.14. The van der Waals surface area contributed by atoms with Crippen molar-refractivity contribution in [2.45, 2.75) is 33.1 Å². The molecule has 1 aromatic rings. The van der Waals surface area contributed by atoms with Gasteiger partial charge in [-0.25, -0.2) is 0 Å². The van der Waals surface area contributed by atoms with Crippen molar-refractivity contribution in [3.05, 3.63) is 29.8 Å². The number of hydrogen-bond acceptors (Lipinski definition) is 2. The molecule has 0 radical (unpaired) electrons. The number of rotatable bonds is 7. The number of aryl methyl sites for hydroxylation is 1. The van der Waals surface area contributed by atoms with Gasteiger partial charge in [0.1, 0.15) is 0 Å². The summed E-state index contributed by atoms with van der Waals surface area (Å²) in [6.45, 7) is 7.93. The number of nitrogens with zero attached hydrogens (tertiary/aromatic N) is 2. The summed E-state index contributed by atoms with van der Waals surface area (Å²) in [7, 11) is 0. The van der Waals surface area contributed by atoms with Crippen molar-refractivity contribution in [1.82, 2.24) is 5.32 Å². The number of halogens is 1. The molecule has 1 aliphatic carbocycles. The fraction of sp³-hybridized carbons (Fsp3) is 0.588. The lowest BCUT2D eigenvalue weighted by Gasteiger charge is -2.24. The molecule has 1 fully saturated rings. The molecule has 0 aromatic heterocycles. The van der Waals surface area contributed by atoms with E-state index in [-0.39, 0.29) is 24.0 Å². The molecule has 0 amide bonds. The molecule has 1 aliphatic rings. The maximum atomic E-state index is 5.91. The third-order valence-corrected chi connectivity index (χ3v) is 4.18. The number of benzene rings is 1. The Bertz CT molecular complexity index is 471. The normalized spacial score (nSPS) is 14.9. The molecule has 0 unspecified atom stereocenters. The van der Waals surface area contributed by atoms with Gasteiger partial charge in [-0.1, -0.05) is 18.6 Å². The second-order valence-electron chi connectivity index (χ2n) is 5.87. The zero-order valence-corrected chi connectivity index (χ0v) is 16.0. The molecule has 5 heteroatoms. The minimum absolute atomic E-state index is 0. The molecule has 3 N–H and O–H groups in total. The molecule has 0 spiro atoms. The molecule has 0 heterocycles. The fourth-order valence-corrected chi connectivity index (χ4v) is 2.57. The Hall–Kier alpha value is -0.980. The number of likely N-dealkylation sites (N-methyl/N-ethyl adjacent to an activating group) is 1. The van der Waals surface area contributed by atoms with E-state index in [1.165, 1.54) is 30.5 Å². The summed E-state index contributed by atoms with van der Waals surface area (Å²) in [5.74, 6) is 1.35. The first-order valence-corrected chi connectivity index (χ1v) is 8.04. The van der Waals surface area contributed by atoms with Crippen LogP contribution in [0.2, 0.25) is 0 Å². The van der Waals surface area contributed by atoms with E-state index in [0.29, 0.717) is 5.96 Å². The number of aliphatic imine (C=N–C) groups is 1. The number of guanidine groups is 1. The predicted molar refractivity (Wildman–Crippen MR) is 106 cm³/mol. The summed E-state index contributed by atoms with van der Waals surface area (Å²) in [5, 5.41) is 3.22. The van der Waals surface area contributed by atoms with Crippen molar-refractivity contribution in [3.8, 4) is 0 Å². The molecule has 0 atom stereocenters. The maximum Gasteiger partial charge on any atom is 0.188 e. The van der Waals surface area contributed by atoms with E-state index >= 15 is 0 Å². The first-order valence-electron chi connectivity index (χ1n) is 8.04. The zero-order valence-electron chi connectivity index (χ0n) is 13.7. The SMILES string of the molecule is CCN(CCNC(N)=NCC1CCC1)c1cccc(C)c1.I. The van der Waals surface area contributed by atoms with Crippen LogP contribution in [0.3, 0.4) is 0 Å². The second kappa shape index (κ2) is 9.92. The average Bonchev–Trinajstić information content (AvgIpc) is 2.42. The van der Waals surface area contributed by atoms with Crippen molar-refractivity contribution >= 4 is 35.6 Å². The summed E-state index contributed by atoms with van der Waals surface area (Å²) in [6, 6.07) is 8.61.